The van der Waals surface area contributed by atoms with Crippen LogP contribution in [0, 0.1) is 19.8 Å². The van der Waals surface area contributed by atoms with Gasteiger partial charge in [0.15, 0.2) is 0 Å². The molecule has 0 saturated heterocycles. The molecule has 0 spiro atoms. The number of hydrogen-bond donors (Lipinski definition) is 2. The van der Waals surface area contributed by atoms with Gasteiger partial charge in [0.2, 0.25) is 10.0 Å². The Morgan fingerprint density at radius 2 is 2.12 bits per heavy atom. The van der Waals surface area contributed by atoms with E-state index in [1.807, 2.05) is 0 Å². The van der Waals surface area contributed by atoms with Crippen LogP contribution in [0.25, 0.3) is 0 Å². The number of aromatic nitrogens is 2. The van der Waals surface area contributed by atoms with Crippen molar-refractivity contribution in [2.24, 2.45) is 5.92 Å². The Bertz CT molecular complexity index is 436. The molecule has 1 atom stereocenters. The van der Waals surface area contributed by atoms with Crippen molar-refractivity contribution < 1.29 is 8.42 Å². The maximum absolute atomic E-state index is 11.8. The van der Waals surface area contributed by atoms with Gasteiger partial charge in [-0.1, -0.05) is 6.92 Å². The van der Waals surface area contributed by atoms with Crippen molar-refractivity contribution in [2.45, 2.75) is 20.8 Å². The number of H-pyrrole nitrogens is 1. The van der Waals surface area contributed by atoms with E-state index < -0.39 is 10.0 Å². The summed E-state index contributed by atoms with van der Waals surface area (Å²) >= 11 is 5.59. The summed E-state index contributed by atoms with van der Waals surface area (Å²) in [5.74, 6) is 0.261. The highest BCUT2D eigenvalue weighted by atomic mass is 35.5. The number of alkyl halides is 1. The van der Waals surface area contributed by atoms with Crippen molar-refractivity contribution in [3.8, 4) is 0 Å². The molecule has 1 rings (SSSR count). The fourth-order valence-corrected chi connectivity index (χ4v) is 3.12. The Hall–Kier alpha value is -0.750. The van der Waals surface area contributed by atoms with Gasteiger partial charge in [-0.2, -0.15) is 5.10 Å². The zero-order chi connectivity index (χ0) is 12.3. The minimum absolute atomic E-state index is 0.0144. The second kappa shape index (κ2) is 5.05. The van der Waals surface area contributed by atoms with E-state index in [0.717, 1.165) is 0 Å². The molecule has 0 amide bonds. The smallest absolute Gasteiger partial charge is 0.233 e. The number of anilines is 1. The minimum Gasteiger partial charge on any atom is -0.280 e. The summed E-state index contributed by atoms with van der Waals surface area (Å²) < 4.78 is 26.0. The van der Waals surface area contributed by atoms with Gasteiger partial charge in [0.25, 0.3) is 0 Å². The first-order chi connectivity index (χ1) is 7.35. The summed E-state index contributed by atoms with van der Waals surface area (Å²) in [6.45, 7) is 5.30. The molecule has 1 heterocycles. The average Bonchev–Trinajstić information content (AvgIpc) is 2.48. The molecular formula is C9H16ClN3O2S. The highest BCUT2D eigenvalue weighted by Gasteiger charge is 2.18. The van der Waals surface area contributed by atoms with Gasteiger partial charge in [0, 0.05) is 5.88 Å². The summed E-state index contributed by atoms with van der Waals surface area (Å²) in [4.78, 5) is 0. The van der Waals surface area contributed by atoms with Crippen LogP contribution in [0.15, 0.2) is 0 Å². The summed E-state index contributed by atoms with van der Waals surface area (Å²) in [6.07, 6.45) is 0. The molecule has 0 aliphatic heterocycles. The number of halogens is 1. The van der Waals surface area contributed by atoms with Crippen LogP contribution >= 0.6 is 11.6 Å². The van der Waals surface area contributed by atoms with Crippen LogP contribution in [0.3, 0.4) is 0 Å². The first-order valence-corrected chi connectivity index (χ1v) is 7.12. The fourth-order valence-electron chi connectivity index (χ4n) is 1.32. The van der Waals surface area contributed by atoms with Crippen molar-refractivity contribution >= 4 is 27.3 Å². The quantitative estimate of drug-likeness (QED) is 0.795. The molecule has 1 aromatic heterocycles. The van der Waals surface area contributed by atoms with Crippen LogP contribution in [0.1, 0.15) is 18.3 Å². The zero-order valence-corrected chi connectivity index (χ0v) is 11.1. The lowest BCUT2D eigenvalue weighted by Gasteiger charge is -2.11. The van der Waals surface area contributed by atoms with E-state index in [9.17, 15) is 8.42 Å². The van der Waals surface area contributed by atoms with Crippen molar-refractivity contribution in [1.82, 2.24) is 10.2 Å². The van der Waals surface area contributed by atoms with Gasteiger partial charge in [-0.15, -0.1) is 11.6 Å². The molecule has 0 aliphatic rings. The van der Waals surface area contributed by atoms with Gasteiger partial charge in [0.05, 0.1) is 22.8 Å². The Morgan fingerprint density at radius 3 is 2.56 bits per heavy atom. The number of nitrogens with zero attached hydrogens (tertiary/aromatic N) is 1. The standard InChI is InChI=1S/C9H16ClN3O2S/c1-6(4-10)5-16(14,15)13-9-7(2)11-12-8(9)3/h6,13H,4-5H2,1-3H3,(H,11,12). The lowest BCUT2D eigenvalue weighted by Crippen LogP contribution is -2.22. The highest BCUT2D eigenvalue weighted by Crippen LogP contribution is 2.18. The largest absolute Gasteiger partial charge is 0.280 e. The van der Waals surface area contributed by atoms with Gasteiger partial charge in [-0.3, -0.25) is 9.82 Å². The normalized spacial score (nSPS) is 13.8. The van der Waals surface area contributed by atoms with E-state index >= 15 is 0 Å². The van der Waals surface area contributed by atoms with Gasteiger partial charge in [-0.25, -0.2) is 8.42 Å². The van der Waals surface area contributed by atoms with Crippen molar-refractivity contribution in [3.63, 3.8) is 0 Å². The van der Waals surface area contributed by atoms with E-state index in [0.29, 0.717) is 23.0 Å². The van der Waals surface area contributed by atoms with Gasteiger partial charge >= 0.3 is 0 Å². The third kappa shape index (κ3) is 3.38. The van der Waals surface area contributed by atoms with Crippen LogP contribution < -0.4 is 4.72 Å². The van der Waals surface area contributed by atoms with Crippen molar-refractivity contribution in [1.29, 1.82) is 0 Å². The monoisotopic (exact) mass is 265 g/mol. The Labute approximate surface area is 101 Å². The van der Waals surface area contributed by atoms with Crippen LogP contribution in [0.2, 0.25) is 0 Å². The fraction of sp³-hybridized carbons (Fsp3) is 0.667. The summed E-state index contributed by atoms with van der Waals surface area (Å²) in [5, 5.41) is 6.65. The Morgan fingerprint density at radius 1 is 1.50 bits per heavy atom. The van der Waals surface area contributed by atoms with E-state index in [4.69, 9.17) is 11.6 Å². The number of aryl methyl sites for hydroxylation is 2. The zero-order valence-electron chi connectivity index (χ0n) is 9.54. The lowest BCUT2D eigenvalue weighted by molar-refractivity contribution is 0.588. The molecule has 92 valence electrons. The minimum atomic E-state index is -3.36. The molecule has 0 bridgehead atoms. The second-order valence-electron chi connectivity index (χ2n) is 3.95. The van der Waals surface area contributed by atoms with Crippen LogP contribution in [0.5, 0.6) is 0 Å². The average molecular weight is 266 g/mol. The van der Waals surface area contributed by atoms with Crippen molar-refractivity contribution in [2.75, 3.05) is 16.4 Å². The van der Waals surface area contributed by atoms with Gasteiger partial charge < -0.3 is 0 Å². The van der Waals surface area contributed by atoms with Gasteiger partial charge in [-0.05, 0) is 19.8 Å². The molecule has 0 radical (unpaired) electrons. The Kier molecular flexibility index (Phi) is 4.21. The second-order valence-corrected chi connectivity index (χ2v) is 6.03. The highest BCUT2D eigenvalue weighted by molar-refractivity contribution is 7.92. The van der Waals surface area contributed by atoms with E-state index in [1.165, 1.54) is 0 Å². The molecule has 0 aliphatic carbocycles. The molecule has 0 fully saturated rings. The third-order valence-electron chi connectivity index (χ3n) is 2.15. The molecule has 1 aromatic rings. The van der Waals surface area contributed by atoms with Gasteiger partial charge in [0.1, 0.15) is 0 Å². The van der Waals surface area contributed by atoms with Crippen molar-refractivity contribution in [3.05, 3.63) is 11.4 Å². The number of aromatic amines is 1. The van der Waals surface area contributed by atoms with E-state index in [-0.39, 0.29) is 11.7 Å². The lowest BCUT2D eigenvalue weighted by atomic mass is 10.3. The van der Waals surface area contributed by atoms with Crippen LogP contribution in [0.4, 0.5) is 5.69 Å². The molecular weight excluding hydrogens is 250 g/mol. The topological polar surface area (TPSA) is 74.8 Å². The predicted octanol–water partition coefficient (Wildman–Crippen LogP) is 1.64. The third-order valence-corrected chi connectivity index (χ3v) is 4.20. The summed E-state index contributed by atoms with van der Waals surface area (Å²) in [5.41, 5.74) is 1.88. The number of nitrogens with one attached hydrogen (secondary N) is 2. The molecule has 0 aromatic carbocycles. The summed E-state index contributed by atoms with van der Waals surface area (Å²) in [6, 6.07) is 0. The maximum Gasteiger partial charge on any atom is 0.233 e. The predicted molar refractivity (Wildman–Crippen MR) is 65.4 cm³/mol. The van der Waals surface area contributed by atoms with Crippen LogP contribution in [-0.4, -0.2) is 30.2 Å². The number of hydrogen-bond acceptors (Lipinski definition) is 3. The first kappa shape index (κ1) is 13.3. The molecule has 7 heteroatoms. The van der Waals surface area contributed by atoms with Crippen LogP contribution in [-0.2, 0) is 10.0 Å². The molecule has 1 unspecified atom stereocenters. The number of rotatable bonds is 5. The summed E-state index contributed by atoms with van der Waals surface area (Å²) in [7, 11) is -3.36. The van der Waals surface area contributed by atoms with E-state index in [2.05, 4.69) is 14.9 Å². The molecule has 2 N–H and O–H groups in total. The van der Waals surface area contributed by atoms with E-state index in [1.54, 1.807) is 20.8 Å². The molecule has 0 saturated carbocycles. The Balaban J connectivity index is 2.81. The SMILES string of the molecule is Cc1n[nH]c(C)c1NS(=O)(=O)CC(C)CCl. The molecule has 5 nitrogen and oxygen atoms in total. The first-order valence-electron chi connectivity index (χ1n) is 4.93. The number of sulfonamides is 1. The maximum atomic E-state index is 11.8. The molecule has 16 heavy (non-hydrogen) atoms.